The first-order chi connectivity index (χ1) is 34.6. The van der Waals surface area contributed by atoms with Crippen LogP contribution in [0.5, 0.6) is 28.7 Å². The smallest absolute Gasteiger partial charge is 0.355 e. The Bertz CT molecular complexity index is 2850. The van der Waals surface area contributed by atoms with Crippen molar-refractivity contribution in [3.8, 4) is 34.8 Å². The highest BCUT2D eigenvalue weighted by Crippen LogP contribution is 2.36. The van der Waals surface area contributed by atoms with Gasteiger partial charge in [0.05, 0.1) is 25.9 Å². The number of carbonyl (C=O) groups is 3. The van der Waals surface area contributed by atoms with Gasteiger partial charge < -0.3 is 33.2 Å². The number of methoxy groups -OCH3 is 2. The van der Waals surface area contributed by atoms with Gasteiger partial charge in [-0.3, -0.25) is 0 Å². The van der Waals surface area contributed by atoms with E-state index in [1.807, 2.05) is 71.9 Å². The highest BCUT2D eigenvalue weighted by Gasteiger charge is 2.36. The summed E-state index contributed by atoms with van der Waals surface area (Å²) in [6, 6.07) is 38.1. The molecule has 6 rings (SSSR count). The number of rotatable bonds is 24. The van der Waals surface area contributed by atoms with Crippen molar-refractivity contribution in [2.45, 2.75) is 99.2 Å². The number of thioether (sulfide) groups is 3. The highest BCUT2D eigenvalue weighted by molar-refractivity contribution is 8.00. The number of halogens is 1. The minimum Gasteiger partial charge on any atom is -0.497 e. The van der Waals surface area contributed by atoms with Crippen molar-refractivity contribution >= 4 is 64.8 Å². The van der Waals surface area contributed by atoms with Crippen molar-refractivity contribution < 1.29 is 47.5 Å². The number of nitriles is 1. The SMILES string of the molecule is COc1ccc(OC(CCSc2cc(C)ccc2C)C(=O)OC(=O)C(CC(OC(=O)C(CCSc2cc(C)ccc2C)Oc2ccc(Cl)cc2OC)Sc2cc(C)ccc2C)Oc2ccc(C#N)cc2)cc1. The number of esters is 3. The number of hydrogen-bond donors (Lipinski definition) is 0. The second-order valence-corrected chi connectivity index (χ2v) is 20.9. The van der Waals surface area contributed by atoms with Crippen LogP contribution in [-0.2, 0) is 23.9 Å². The molecule has 0 spiro atoms. The first-order valence-corrected chi connectivity index (χ1v) is 26.4. The maximum atomic E-state index is 14.7. The lowest BCUT2D eigenvalue weighted by atomic mass is 10.2. The molecular weight excluding hydrogens is 990 g/mol. The number of carbonyl (C=O) groups excluding carboxylic acids is 3. The van der Waals surface area contributed by atoms with Crippen LogP contribution >= 0.6 is 46.9 Å². The van der Waals surface area contributed by atoms with Crippen molar-refractivity contribution in [1.29, 1.82) is 5.26 Å². The fourth-order valence-electron chi connectivity index (χ4n) is 7.11. The van der Waals surface area contributed by atoms with E-state index in [0.717, 1.165) is 48.1 Å². The summed E-state index contributed by atoms with van der Waals surface area (Å²) in [5.41, 5.74) is 5.52. The molecule has 4 unspecified atom stereocenters. The molecule has 0 fully saturated rings. The van der Waals surface area contributed by atoms with Crippen LogP contribution in [0.25, 0.3) is 0 Å². The number of aryl methyl sites for hydroxylation is 6. The summed E-state index contributed by atoms with van der Waals surface area (Å²) in [7, 11) is 3.03. The van der Waals surface area contributed by atoms with Gasteiger partial charge in [0.1, 0.15) is 17.2 Å². The molecular formula is C57H58ClNO10S3. The third-order valence-electron chi connectivity index (χ3n) is 11.2. The molecule has 0 radical (unpaired) electrons. The van der Waals surface area contributed by atoms with Gasteiger partial charge in [0.2, 0.25) is 6.10 Å². The summed E-state index contributed by atoms with van der Waals surface area (Å²) in [5.74, 6) is 0.0200. The highest BCUT2D eigenvalue weighted by atomic mass is 35.5. The van der Waals surface area contributed by atoms with Crippen LogP contribution in [0.4, 0.5) is 0 Å². The predicted molar refractivity (Wildman–Crippen MR) is 285 cm³/mol. The summed E-state index contributed by atoms with van der Waals surface area (Å²) in [6.07, 6.45) is -3.75. The third-order valence-corrected chi connectivity index (χ3v) is 15.1. The van der Waals surface area contributed by atoms with Crippen molar-refractivity contribution in [1.82, 2.24) is 0 Å². The molecule has 0 amide bonds. The van der Waals surface area contributed by atoms with Gasteiger partial charge in [-0.05, 0) is 143 Å². The average molecular weight is 1050 g/mol. The summed E-state index contributed by atoms with van der Waals surface area (Å²) in [4.78, 5) is 46.5. The number of benzene rings is 6. The standard InChI is InChI=1S/C57H58ClNO10S3/c1-35-9-12-38(4)51(29-35)70-27-25-47(65-45-22-20-43(63-7)21-23-45)56(61)69-57(62)50(66-44-18-15-41(34-59)16-19-44)33-54(72-53-31-37(3)11-14-40(53)6)68-55(60)48(67-46-24-17-42(58)32-49(46)64-8)26-28-71-52-30-36(2)10-13-39(52)5/h9-24,29-32,47-48,50,54H,25-28,33H2,1-8H3. The molecule has 0 aliphatic carbocycles. The summed E-state index contributed by atoms with van der Waals surface area (Å²) in [5, 5.41) is 9.95. The average Bonchev–Trinajstić information content (AvgIpc) is 3.36. The fourth-order valence-corrected chi connectivity index (χ4v) is 10.7. The van der Waals surface area contributed by atoms with E-state index in [4.69, 9.17) is 44.8 Å². The normalized spacial score (nSPS) is 12.6. The molecule has 6 aromatic carbocycles. The van der Waals surface area contributed by atoms with Gasteiger partial charge in [0, 0.05) is 56.5 Å². The number of nitrogens with zero attached hydrogens (tertiary/aromatic N) is 1. The molecule has 0 N–H and O–H groups in total. The van der Waals surface area contributed by atoms with Gasteiger partial charge in [-0.15, -0.1) is 23.5 Å². The molecule has 0 heterocycles. The summed E-state index contributed by atoms with van der Waals surface area (Å²) >= 11 is 10.7. The van der Waals surface area contributed by atoms with E-state index in [1.165, 1.54) is 31.0 Å². The minimum atomic E-state index is -1.51. The van der Waals surface area contributed by atoms with Crippen molar-refractivity contribution in [3.05, 3.63) is 165 Å². The molecule has 0 aliphatic rings. The van der Waals surface area contributed by atoms with Gasteiger partial charge in [-0.2, -0.15) is 5.26 Å². The Morgan fingerprint density at radius 2 is 1.03 bits per heavy atom. The van der Waals surface area contributed by atoms with E-state index >= 15 is 0 Å². The van der Waals surface area contributed by atoms with Crippen LogP contribution < -0.4 is 23.7 Å². The molecule has 376 valence electrons. The van der Waals surface area contributed by atoms with E-state index in [2.05, 4.69) is 30.3 Å². The Kier molecular flexibility index (Phi) is 20.6. The Balaban J connectivity index is 1.31. The molecule has 15 heteroatoms. The summed E-state index contributed by atoms with van der Waals surface area (Å²) < 4.78 is 42.0. The maximum absolute atomic E-state index is 14.7. The van der Waals surface area contributed by atoms with Gasteiger partial charge >= 0.3 is 17.9 Å². The predicted octanol–water partition coefficient (Wildman–Crippen LogP) is 13.2. The van der Waals surface area contributed by atoms with Gasteiger partial charge in [0.25, 0.3) is 0 Å². The number of ether oxygens (including phenoxy) is 7. The Labute approximate surface area is 440 Å². The molecule has 6 aromatic rings. The summed E-state index contributed by atoms with van der Waals surface area (Å²) in [6.45, 7) is 12.0. The quantitative estimate of drug-likeness (QED) is 0.0246. The lowest BCUT2D eigenvalue weighted by molar-refractivity contribution is -0.171. The lowest BCUT2D eigenvalue weighted by Gasteiger charge is -2.26. The molecule has 0 saturated carbocycles. The Hall–Kier alpha value is -6.24. The first kappa shape index (κ1) is 55.1. The molecule has 0 bridgehead atoms. The van der Waals surface area contributed by atoms with Crippen molar-refractivity contribution in [2.75, 3.05) is 25.7 Å². The van der Waals surface area contributed by atoms with Crippen LogP contribution in [0.15, 0.2) is 136 Å². The molecule has 0 aliphatic heterocycles. The molecule has 11 nitrogen and oxygen atoms in total. The lowest BCUT2D eigenvalue weighted by Crippen LogP contribution is -2.40. The second-order valence-electron chi connectivity index (χ2n) is 17.0. The minimum absolute atomic E-state index is 0.182. The van der Waals surface area contributed by atoms with Gasteiger partial charge in [-0.25, -0.2) is 14.4 Å². The molecule has 4 atom stereocenters. The zero-order valence-corrected chi connectivity index (χ0v) is 44.7. The van der Waals surface area contributed by atoms with Crippen LogP contribution in [0.3, 0.4) is 0 Å². The van der Waals surface area contributed by atoms with E-state index in [0.29, 0.717) is 39.3 Å². The van der Waals surface area contributed by atoms with Crippen LogP contribution in [0.1, 0.15) is 58.2 Å². The van der Waals surface area contributed by atoms with E-state index in [1.54, 1.807) is 85.2 Å². The number of hydrogen-bond acceptors (Lipinski definition) is 14. The largest absolute Gasteiger partial charge is 0.497 e. The monoisotopic (exact) mass is 1050 g/mol. The van der Waals surface area contributed by atoms with E-state index in [9.17, 15) is 19.6 Å². The zero-order chi connectivity index (χ0) is 51.7. The second kappa shape index (κ2) is 27.0. The van der Waals surface area contributed by atoms with E-state index < -0.39 is 41.7 Å². The topological polar surface area (TPSA) is 140 Å². The molecule has 72 heavy (non-hydrogen) atoms. The first-order valence-electron chi connectivity index (χ1n) is 23.2. The van der Waals surface area contributed by atoms with Crippen molar-refractivity contribution in [2.24, 2.45) is 0 Å². The van der Waals surface area contributed by atoms with Crippen molar-refractivity contribution in [3.63, 3.8) is 0 Å². The third kappa shape index (κ3) is 16.4. The molecule has 0 aromatic heterocycles. The fraction of sp³-hybridized carbons (Fsp3) is 0.298. The Morgan fingerprint density at radius 1 is 0.542 bits per heavy atom. The van der Waals surface area contributed by atoms with E-state index in [-0.39, 0.29) is 30.8 Å². The maximum Gasteiger partial charge on any atom is 0.355 e. The van der Waals surface area contributed by atoms with Crippen LogP contribution in [0.2, 0.25) is 5.02 Å². The van der Waals surface area contributed by atoms with Gasteiger partial charge in [0.15, 0.2) is 29.1 Å². The Morgan fingerprint density at radius 3 is 1.57 bits per heavy atom. The zero-order valence-electron chi connectivity index (χ0n) is 41.5. The van der Waals surface area contributed by atoms with Gasteiger partial charge in [-0.1, -0.05) is 70.9 Å². The molecule has 0 saturated heterocycles. The van der Waals surface area contributed by atoms with Crippen LogP contribution in [0, 0.1) is 52.9 Å². The van der Waals surface area contributed by atoms with Crippen LogP contribution in [-0.4, -0.2) is 67.4 Å².